The first kappa shape index (κ1) is 21.6. The Morgan fingerprint density at radius 3 is 1.84 bits per heavy atom. The van der Waals surface area contributed by atoms with Crippen molar-refractivity contribution in [1.82, 2.24) is 0 Å². The van der Waals surface area contributed by atoms with E-state index in [-0.39, 0.29) is 12.2 Å². The Morgan fingerprint density at radius 1 is 0.720 bits per heavy atom. The van der Waals surface area contributed by atoms with Crippen LogP contribution in [0.2, 0.25) is 38.3 Å². The second-order valence-electron chi connectivity index (χ2n) is 10.1. The lowest BCUT2D eigenvalue weighted by molar-refractivity contribution is 0.0995. The number of rotatable bonds is 8. The van der Waals surface area contributed by atoms with Crippen LogP contribution in [0.25, 0.3) is 0 Å². The van der Waals surface area contributed by atoms with Gasteiger partial charge in [0.15, 0.2) is 16.6 Å². The minimum absolute atomic E-state index is 0.0394. The van der Waals surface area contributed by atoms with Crippen molar-refractivity contribution in [2.24, 2.45) is 11.8 Å². The first-order chi connectivity index (χ1) is 11.7. The molecule has 2 rings (SSSR count). The number of aliphatic hydroxyl groups is 2. The molecule has 0 aromatic heterocycles. The Bertz CT molecular complexity index is 392. The van der Waals surface area contributed by atoms with Gasteiger partial charge in [0, 0.05) is 0 Å². The van der Waals surface area contributed by atoms with Gasteiger partial charge in [0.2, 0.25) is 0 Å². The topological polar surface area (TPSA) is 49.7 Å². The molecule has 148 valence electrons. The summed E-state index contributed by atoms with van der Waals surface area (Å²) in [5, 5.41) is 19.5. The third kappa shape index (κ3) is 8.25. The van der Waals surface area contributed by atoms with Crippen molar-refractivity contribution in [3.8, 4) is 0 Å². The van der Waals surface area contributed by atoms with Crippen molar-refractivity contribution in [3.63, 3.8) is 0 Å². The van der Waals surface area contributed by atoms with Gasteiger partial charge in [-0.1, -0.05) is 25.7 Å². The predicted molar refractivity (Wildman–Crippen MR) is 111 cm³/mol. The van der Waals surface area contributed by atoms with E-state index in [4.69, 9.17) is 4.12 Å². The maximum Gasteiger partial charge on any atom is 0.173 e. The maximum atomic E-state index is 9.88. The van der Waals surface area contributed by atoms with Crippen LogP contribution in [0.4, 0.5) is 0 Å². The summed E-state index contributed by atoms with van der Waals surface area (Å²) in [6.45, 7) is 9.61. The lowest BCUT2D eigenvalue weighted by atomic mass is 9.86. The predicted octanol–water partition coefficient (Wildman–Crippen LogP) is 5.30. The first-order valence-corrected chi connectivity index (χ1v) is 16.9. The fourth-order valence-electron chi connectivity index (χ4n) is 4.91. The zero-order chi connectivity index (χ0) is 18.5. The summed E-state index contributed by atoms with van der Waals surface area (Å²) in [6.07, 6.45) is 11.4. The molecule has 5 heteroatoms. The molecule has 0 bridgehead atoms. The van der Waals surface area contributed by atoms with E-state index in [1.165, 1.54) is 50.6 Å². The monoisotopic (exact) mass is 386 g/mol. The molecule has 2 fully saturated rings. The summed E-state index contributed by atoms with van der Waals surface area (Å²) in [5.41, 5.74) is 0. The molecule has 0 aromatic carbocycles. The Morgan fingerprint density at radius 2 is 1.28 bits per heavy atom. The molecular weight excluding hydrogens is 344 g/mol. The molecule has 25 heavy (non-hydrogen) atoms. The lowest BCUT2D eigenvalue weighted by Gasteiger charge is -2.37. The van der Waals surface area contributed by atoms with Crippen molar-refractivity contribution in [2.75, 3.05) is 0 Å². The number of hydrogen-bond donors (Lipinski definition) is 2. The Balaban J connectivity index is 1.71. The Labute approximate surface area is 157 Å². The molecule has 0 amide bonds. The highest BCUT2D eigenvalue weighted by Gasteiger charge is 2.34. The van der Waals surface area contributed by atoms with Crippen LogP contribution < -0.4 is 0 Å². The van der Waals surface area contributed by atoms with E-state index in [1.807, 2.05) is 0 Å². The van der Waals surface area contributed by atoms with E-state index < -0.39 is 16.6 Å². The Kier molecular flexibility index (Phi) is 8.21. The molecule has 0 aromatic rings. The summed E-state index contributed by atoms with van der Waals surface area (Å²) < 4.78 is 6.82. The quantitative estimate of drug-likeness (QED) is 0.557. The normalized spacial score (nSPS) is 31.9. The molecule has 0 heterocycles. The van der Waals surface area contributed by atoms with Crippen molar-refractivity contribution in [1.29, 1.82) is 0 Å². The smallest absolute Gasteiger partial charge is 0.173 e. The molecule has 0 saturated heterocycles. The average molecular weight is 387 g/mol. The molecule has 2 atom stereocenters. The van der Waals surface area contributed by atoms with Gasteiger partial charge in [-0.15, -0.1) is 0 Å². The summed E-state index contributed by atoms with van der Waals surface area (Å²) in [6, 6.07) is 2.52. The van der Waals surface area contributed by atoms with Crippen LogP contribution in [0.1, 0.15) is 64.2 Å². The summed E-state index contributed by atoms with van der Waals surface area (Å²) in [7, 11) is -3.19. The van der Waals surface area contributed by atoms with E-state index in [1.54, 1.807) is 0 Å². The average Bonchev–Trinajstić information content (AvgIpc) is 2.52. The van der Waals surface area contributed by atoms with Gasteiger partial charge in [-0.25, -0.2) is 0 Å². The van der Waals surface area contributed by atoms with Gasteiger partial charge < -0.3 is 14.3 Å². The first-order valence-electron chi connectivity index (χ1n) is 10.7. The van der Waals surface area contributed by atoms with E-state index in [2.05, 4.69) is 26.2 Å². The van der Waals surface area contributed by atoms with Gasteiger partial charge in [0.1, 0.15) is 0 Å². The van der Waals surface area contributed by atoms with E-state index in [0.717, 1.165) is 37.5 Å². The van der Waals surface area contributed by atoms with Crippen molar-refractivity contribution < 1.29 is 14.3 Å². The van der Waals surface area contributed by atoms with Gasteiger partial charge in [0.05, 0.1) is 12.2 Å². The molecule has 0 radical (unpaired) electrons. The second-order valence-corrected chi connectivity index (χ2v) is 18.9. The molecule has 2 aliphatic carbocycles. The lowest BCUT2D eigenvalue weighted by Crippen LogP contribution is -2.44. The van der Waals surface area contributed by atoms with Gasteiger partial charge in [-0.2, -0.15) is 0 Å². The fraction of sp³-hybridized carbons (Fsp3) is 1.00. The highest BCUT2D eigenvalue weighted by Crippen LogP contribution is 2.34. The van der Waals surface area contributed by atoms with Crippen molar-refractivity contribution >= 4 is 16.6 Å². The van der Waals surface area contributed by atoms with Gasteiger partial charge in [-0.3, -0.25) is 0 Å². The largest absolute Gasteiger partial charge is 0.455 e. The van der Waals surface area contributed by atoms with Crippen LogP contribution in [0.15, 0.2) is 0 Å². The van der Waals surface area contributed by atoms with Crippen LogP contribution in [0, 0.1) is 11.8 Å². The van der Waals surface area contributed by atoms with Crippen LogP contribution in [0.3, 0.4) is 0 Å². The molecule has 2 saturated carbocycles. The highest BCUT2D eigenvalue weighted by molar-refractivity contribution is 6.84. The number of aliphatic hydroxyl groups excluding tert-OH is 2. The third-order valence-corrected chi connectivity index (χ3v) is 13.8. The molecular formula is C20H42O3Si2. The summed E-state index contributed by atoms with van der Waals surface area (Å²) >= 11 is 0. The minimum Gasteiger partial charge on any atom is -0.455 e. The van der Waals surface area contributed by atoms with E-state index in [9.17, 15) is 10.2 Å². The van der Waals surface area contributed by atoms with Gasteiger partial charge in [0.25, 0.3) is 0 Å². The zero-order valence-corrected chi connectivity index (χ0v) is 19.1. The minimum atomic E-state index is -1.60. The number of hydrogen-bond acceptors (Lipinski definition) is 3. The fourth-order valence-corrected chi connectivity index (χ4v) is 13.9. The van der Waals surface area contributed by atoms with Crippen LogP contribution in [-0.4, -0.2) is 39.1 Å². The maximum absolute atomic E-state index is 9.88. The molecule has 3 nitrogen and oxygen atoms in total. The van der Waals surface area contributed by atoms with Crippen molar-refractivity contribution in [3.05, 3.63) is 0 Å². The van der Waals surface area contributed by atoms with Gasteiger partial charge in [-0.05, 0) is 88.6 Å². The van der Waals surface area contributed by atoms with Crippen LogP contribution in [0.5, 0.6) is 0 Å². The third-order valence-electron chi connectivity index (χ3n) is 6.43. The van der Waals surface area contributed by atoms with E-state index >= 15 is 0 Å². The second kappa shape index (κ2) is 9.49. The van der Waals surface area contributed by atoms with Crippen LogP contribution in [-0.2, 0) is 4.12 Å². The van der Waals surface area contributed by atoms with Crippen molar-refractivity contribution in [2.45, 2.75) is 115 Å². The Hall–Kier alpha value is 0.314. The molecule has 2 unspecified atom stereocenters. The summed E-state index contributed by atoms with van der Waals surface area (Å²) in [5.74, 6) is 1.53. The zero-order valence-electron chi connectivity index (χ0n) is 17.1. The van der Waals surface area contributed by atoms with E-state index in [0.29, 0.717) is 0 Å². The molecule has 0 aliphatic heterocycles. The SMILES string of the molecule is C[Si](C)(CCC1CCC(O)CC1)O[Si](C)(C)CCC1CCCC(O)C1. The van der Waals surface area contributed by atoms with Gasteiger partial charge >= 0.3 is 0 Å². The summed E-state index contributed by atoms with van der Waals surface area (Å²) in [4.78, 5) is 0. The highest BCUT2D eigenvalue weighted by atomic mass is 28.4. The standard InChI is InChI=1S/C20H42O3Si2/c1-24(2,14-12-17-8-10-19(21)11-9-17)23-25(3,4)15-13-18-6-5-7-20(22)16-18/h17-22H,5-16H2,1-4H3. The molecule has 2 N–H and O–H groups in total. The molecule has 0 spiro atoms. The van der Waals surface area contributed by atoms with Crippen LogP contribution >= 0.6 is 0 Å². The molecule has 2 aliphatic rings.